The Labute approximate surface area is 208 Å². The third kappa shape index (κ3) is 6.06. The minimum Gasteiger partial charge on any atom is -0.350 e. The van der Waals surface area contributed by atoms with Crippen LogP contribution in [0.1, 0.15) is 15.9 Å². The van der Waals surface area contributed by atoms with Crippen molar-refractivity contribution in [2.24, 2.45) is 0 Å². The number of fused-ring (bicyclic) bond motifs is 1. The summed E-state index contributed by atoms with van der Waals surface area (Å²) in [5.41, 5.74) is 0.0953. The highest BCUT2D eigenvalue weighted by Gasteiger charge is 2.30. The number of hydrogen-bond acceptors (Lipinski definition) is 3. The van der Waals surface area contributed by atoms with Crippen LogP contribution in [0, 0.1) is 5.82 Å². The summed E-state index contributed by atoms with van der Waals surface area (Å²) in [6, 6.07) is 17.7. The fourth-order valence-corrected chi connectivity index (χ4v) is 4.55. The van der Waals surface area contributed by atoms with Gasteiger partial charge in [0.05, 0.1) is 16.9 Å². The van der Waals surface area contributed by atoms with E-state index in [0.717, 1.165) is 27.9 Å². The molecule has 1 aromatic heterocycles. The first-order chi connectivity index (χ1) is 17.2. The van der Waals surface area contributed by atoms with Gasteiger partial charge in [-0.25, -0.2) is 4.39 Å². The zero-order chi connectivity index (χ0) is 25.7. The fourth-order valence-electron chi connectivity index (χ4n) is 3.66. The summed E-state index contributed by atoms with van der Waals surface area (Å²) in [6.07, 6.45) is -2.64. The number of aromatic nitrogens is 1. The lowest BCUT2D eigenvalue weighted by atomic mass is 10.2. The van der Waals surface area contributed by atoms with Gasteiger partial charge in [0, 0.05) is 40.8 Å². The zero-order valence-corrected chi connectivity index (χ0v) is 19.6. The normalized spacial score (nSPS) is 11.4. The smallest absolute Gasteiger partial charge is 0.350 e. The first kappa shape index (κ1) is 25.3. The van der Waals surface area contributed by atoms with Gasteiger partial charge in [-0.15, -0.1) is 11.8 Å². The molecule has 0 atom stereocenters. The molecule has 2 N–H and O–H groups in total. The molecule has 4 aromatic rings. The van der Waals surface area contributed by atoms with E-state index in [1.54, 1.807) is 6.07 Å². The number of nitrogens with one attached hydrogen (secondary N) is 2. The van der Waals surface area contributed by atoms with Crippen molar-refractivity contribution in [3.63, 3.8) is 0 Å². The second-order valence-corrected chi connectivity index (χ2v) is 8.87. The number of halogens is 4. The van der Waals surface area contributed by atoms with Crippen molar-refractivity contribution in [2.75, 3.05) is 17.6 Å². The molecule has 186 valence electrons. The van der Waals surface area contributed by atoms with Gasteiger partial charge in [0.1, 0.15) is 5.82 Å². The number of amides is 2. The summed E-state index contributed by atoms with van der Waals surface area (Å²) in [6.45, 7) is 0.670. The van der Waals surface area contributed by atoms with Gasteiger partial charge in [-0.2, -0.15) is 13.2 Å². The van der Waals surface area contributed by atoms with E-state index >= 15 is 0 Å². The van der Waals surface area contributed by atoms with Gasteiger partial charge in [-0.1, -0.05) is 36.4 Å². The van der Waals surface area contributed by atoms with Crippen LogP contribution < -0.4 is 10.6 Å². The van der Waals surface area contributed by atoms with Crippen LogP contribution in [0.3, 0.4) is 0 Å². The van der Waals surface area contributed by atoms with Gasteiger partial charge < -0.3 is 15.2 Å². The summed E-state index contributed by atoms with van der Waals surface area (Å²) in [4.78, 5) is 25.5. The predicted octanol–water partition coefficient (Wildman–Crippen LogP) is 5.96. The first-order valence-electron chi connectivity index (χ1n) is 10.9. The molecule has 0 saturated heterocycles. The number of alkyl halides is 3. The molecule has 0 bridgehead atoms. The molecule has 4 rings (SSSR count). The maximum Gasteiger partial charge on any atom is 0.416 e. The Balaban J connectivity index is 1.39. The van der Waals surface area contributed by atoms with Crippen LogP contribution in [-0.2, 0) is 17.5 Å². The van der Waals surface area contributed by atoms with Crippen LogP contribution in [0.15, 0.2) is 83.9 Å². The number of carbonyl (C=O) groups is 2. The number of hydrogen-bond donors (Lipinski definition) is 2. The molecular formula is C26H21F4N3O2S. The summed E-state index contributed by atoms with van der Waals surface area (Å²) in [7, 11) is 0. The number of benzene rings is 3. The Morgan fingerprint density at radius 1 is 0.944 bits per heavy atom. The second kappa shape index (κ2) is 10.9. The van der Waals surface area contributed by atoms with Gasteiger partial charge in [0.2, 0.25) is 5.91 Å². The molecule has 0 aliphatic heterocycles. The molecule has 0 aliphatic carbocycles. The maximum atomic E-state index is 13.8. The minimum absolute atomic E-state index is 0.00568. The topological polar surface area (TPSA) is 63.1 Å². The number of nitrogens with zero attached hydrogens (tertiary/aromatic N) is 1. The van der Waals surface area contributed by atoms with Crippen molar-refractivity contribution in [3.05, 3.63) is 95.9 Å². The fraction of sp³-hybridized carbons (Fsp3) is 0.154. The molecule has 10 heteroatoms. The van der Waals surface area contributed by atoms with E-state index in [9.17, 15) is 27.2 Å². The Hall–Kier alpha value is -3.79. The molecule has 0 radical (unpaired) electrons. The highest BCUT2D eigenvalue weighted by molar-refractivity contribution is 8.00. The van der Waals surface area contributed by atoms with Crippen LogP contribution in [0.2, 0.25) is 0 Å². The molecule has 0 aliphatic rings. The SMILES string of the molecule is O=C(CSc1cn(CCNC(=O)c2ccccc2F)c2ccccc12)Nc1cccc(C(F)(F)F)c1. The van der Waals surface area contributed by atoms with E-state index in [4.69, 9.17) is 0 Å². The lowest BCUT2D eigenvalue weighted by molar-refractivity contribution is -0.137. The summed E-state index contributed by atoms with van der Waals surface area (Å²) < 4.78 is 54.4. The quantitative estimate of drug-likeness (QED) is 0.225. The van der Waals surface area contributed by atoms with Gasteiger partial charge >= 0.3 is 6.18 Å². The molecule has 5 nitrogen and oxygen atoms in total. The number of thioether (sulfide) groups is 1. The average Bonchev–Trinajstić information content (AvgIpc) is 3.20. The van der Waals surface area contributed by atoms with Crippen LogP contribution in [0.5, 0.6) is 0 Å². The van der Waals surface area contributed by atoms with Gasteiger partial charge in [0.15, 0.2) is 0 Å². The van der Waals surface area contributed by atoms with E-state index in [1.165, 1.54) is 42.1 Å². The summed E-state index contributed by atoms with van der Waals surface area (Å²) in [5, 5.41) is 6.10. The average molecular weight is 516 g/mol. The van der Waals surface area contributed by atoms with E-state index in [-0.39, 0.29) is 23.5 Å². The number of carbonyl (C=O) groups excluding carboxylic acids is 2. The predicted molar refractivity (Wildman–Crippen MR) is 131 cm³/mol. The van der Waals surface area contributed by atoms with Gasteiger partial charge in [-0.3, -0.25) is 9.59 Å². The van der Waals surface area contributed by atoms with Crippen molar-refractivity contribution in [2.45, 2.75) is 17.6 Å². The van der Waals surface area contributed by atoms with Crippen LogP contribution in [0.4, 0.5) is 23.2 Å². The third-order valence-corrected chi connectivity index (χ3v) is 6.38. The van der Waals surface area contributed by atoms with Crippen molar-refractivity contribution in [1.82, 2.24) is 9.88 Å². The van der Waals surface area contributed by atoms with E-state index in [1.807, 2.05) is 35.0 Å². The Kier molecular flexibility index (Phi) is 7.64. The number of rotatable bonds is 8. The Morgan fingerprint density at radius 3 is 2.47 bits per heavy atom. The summed E-state index contributed by atoms with van der Waals surface area (Å²) in [5.74, 6) is -1.55. The van der Waals surface area contributed by atoms with Crippen molar-refractivity contribution >= 4 is 40.2 Å². The molecular weight excluding hydrogens is 494 g/mol. The minimum atomic E-state index is -4.49. The molecule has 2 amide bonds. The van der Waals surface area contributed by atoms with E-state index in [2.05, 4.69) is 10.6 Å². The lowest BCUT2D eigenvalue weighted by Gasteiger charge is -2.09. The number of anilines is 1. The van der Waals surface area contributed by atoms with Gasteiger partial charge in [0.25, 0.3) is 5.91 Å². The third-order valence-electron chi connectivity index (χ3n) is 5.34. The zero-order valence-electron chi connectivity index (χ0n) is 18.8. The van der Waals surface area contributed by atoms with Crippen LogP contribution >= 0.6 is 11.8 Å². The van der Waals surface area contributed by atoms with Crippen LogP contribution in [-0.4, -0.2) is 28.7 Å². The summed E-state index contributed by atoms with van der Waals surface area (Å²) >= 11 is 1.25. The van der Waals surface area contributed by atoms with Gasteiger partial charge in [-0.05, 0) is 36.4 Å². The van der Waals surface area contributed by atoms with Crippen molar-refractivity contribution < 1.29 is 27.2 Å². The number of para-hydroxylation sites is 1. The maximum absolute atomic E-state index is 13.8. The molecule has 3 aromatic carbocycles. The lowest BCUT2D eigenvalue weighted by Crippen LogP contribution is -2.27. The molecule has 0 fully saturated rings. The highest BCUT2D eigenvalue weighted by Crippen LogP contribution is 2.32. The standard InChI is InChI=1S/C26H21F4N3O2S/c27-21-10-3-1-8-19(21)25(35)31-12-13-33-15-23(20-9-2-4-11-22(20)33)36-16-24(34)32-18-7-5-6-17(14-18)26(28,29)30/h1-11,14-15H,12-13,16H2,(H,31,35)(H,32,34). The van der Waals surface area contributed by atoms with Crippen molar-refractivity contribution in [1.29, 1.82) is 0 Å². The van der Waals surface area contributed by atoms with E-state index in [0.29, 0.717) is 6.54 Å². The highest BCUT2D eigenvalue weighted by atomic mass is 32.2. The molecule has 36 heavy (non-hydrogen) atoms. The Bertz CT molecular complexity index is 1400. The van der Waals surface area contributed by atoms with E-state index < -0.39 is 29.4 Å². The van der Waals surface area contributed by atoms with Crippen molar-refractivity contribution in [3.8, 4) is 0 Å². The second-order valence-electron chi connectivity index (χ2n) is 7.86. The molecule has 1 heterocycles. The first-order valence-corrected chi connectivity index (χ1v) is 11.9. The molecule has 0 saturated carbocycles. The monoisotopic (exact) mass is 515 g/mol. The molecule has 0 spiro atoms. The largest absolute Gasteiger partial charge is 0.416 e. The Morgan fingerprint density at radius 2 is 1.69 bits per heavy atom. The molecule has 0 unspecified atom stereocenters. The van der Waals surface area contributed by atoms with Crippen LogP contribution in [0.25, 0.3) is 10.9 Å².